The molecule has 108 valence electrons. The van der Waals surface area contributed by atoms with Gasteiger partial charge in [-0.15, -0.1) is 11.3 Å². The van der Waals surface area contributed by atoms with Gasteiger partial charge in [0.15, 0.2) is 0 Å². The number of rotatable bonds is 4. The van der Waals surface area contributed by atoms with Gasteiger partial charge < -0.3 is 10.3 Å². The maximum absolute atomic E-state index is 11.9. The smallest absolute Gasteiger partial charge is 0.268 e. The molecule has 2 aromatic heterocycles. The highest BCUT2D eigenvalue weighted by Gasteiger charge is 2.08. The van der Waals surface area contributed by atoms with E-state index in [1.54, 1.807) is 0 Å². The van der Waals surface area contributed by atoms with Crippen LogP contribution in [0.3, 0.4) is 0 Å². The van der Waals surface area contributed by atoms with Crippen molar-refractivity contribution < 1.29 is 0 Å². The van der Waals surface area contributed by atoms with Gasteiger partial charge in [-0.2, -0.15) is 0 Å². The SMILES string of the molecule is C[C@@H](NCc1nc2ccsc2c(=O)[nH]1)c1ccc(Br)cc1. The molecule has 0 fully saturated rings. The van der Waals surface area contributed by atoms with Gasteiger partial charge in [0, 0.05) is 10.5 Å². The largest absolute Gasteiger partial charge is 0.308 e. The third-order valence-electron chi connectivity index (χ3n) is 3.31. The summed E-state index contributed by atoms with van der Waals surface area (Å²) in [6.45, 7) is 2.61. The highest BCUT2D eigenvalue weighted by Crippen LogP contribution is 2.17. The molecular formula is C15H14BrN3OS. The molecule has 0 amide bonds. The van der Waals surface area contributed by atoms with Crippen molar-refractivity contribution in [3.63, 3.8) is 0 Å². The van der Waals surface area contributed by atoms with E-state index in [9.17, 15) is 4.79 Å². The molecule has 0 unspecified atom stereocenters. The van der Waals surface area contributed by atoms with Gasteiger partial charge >= 0.3 is 0 Å². The zero-order chi connectivity index (χ0) is 14.8. The maximum Gasteiger partial charge on any atom is 0.268 e. The van der Waals surface area contributed by atoms with E-state index in [2.05, 4.69) is 50.3 Å². The first-order valence-corrected chi connectivity index (χ1v) is 8.26. The number of aromatic amines is 1. The summed E-state index contributed by atoms with van der Waals surface area (Å²) in [6, 6.07) is 10.2. The molecule has 4 nitrogen and oxygen atoms in total. The molecular weight excluding hydrogens is 350 g/mol. The van der Waals surface area contributed by atoms with Crippen LogP contribution in [0.15, 0.2) is 45.0 Å². The lowest BCUT2D eigenvalue weighted by Gasteiger charge is -2.14. The van der Waals surface area contributed by atoms with Crippen molar-refractivity contribution in [2.75, 3.05) is 0 Å². The summed E-state index contributed by atoms with van der Waals surface area (Å²) in [5.41, 5.74) is 1.89. The minimum atomic E-state index is -0.0666. The van der Waals surface area contributed by atoms with E-state index < -0.39 is 0 Å². The summed E-state index contributed by atoms with van der Waals surface area (Å²) in [5, 5.41) is 5.26. The quantitative estimate of drug-likeness (QED) is 0.744. The van der Waals surface area contributed by atoms with Crippen molar-refractivity contribution in [1.29, 1.82) is 0 Å². The molecule has 2 N–H and O–H groups in total. The van der Waals surface area contributed by atoms with Crippen molar-refractivity contribution in [3.8, 4) is 0 Å². The van der Waals surface area contributed by atoms with Crippen molar-refractivity contribution in [2.45, 2.75) is 19.5 Å². The van der Waals surface area contributed by atoms with Crippen LogP contribution in [0.1, 0.15) is 24.4 Å². The van der Waals surface area contributed by atoms with Crippen molar-refractivity contribution in [1.82, 2.24) is 15.3 Å². The summed E-state index contributed by atoms with van der Waals surface area (Å²) in [6.07, 6.45) is 0. The molecule has 6 heteroatoms. The summed E-state index contributed by atoms with van der Waals surface area (Å²) >= 11 is 4.84. The van der Waals surface area contributed by atoms with Crippen LogP contribution >= 0.6 is 27.3 Å². The highest BCUT2D eigenvalue weighted by atomic mass is 79.9. The number of H-pyrrole nitrogens is 1. The third-order valence-corrected chi connectivity index (χ3v) is 4.74. The fourth-order valence-corrected chi connectivity index (χ4v) is 3.11. The molecule has 3 rings (SSSR count). The van der Waals surface area contributed by atoms with Crippen LogP contribution in [0.2, 0.25) is 0 Å². The second kappa shape index (κ2) is 6.09. The number of fused-ring (bicyclic) bond motifs is 1. The van der Waals surface area contributed by atoms with E-state index >= 15 is 0 Å². The van der Waals surface area contributed by atoms with Gasteiger partial charge in [-0.05, 0) is 36.1 Å². The normalized spacial score (nSPS) is 12.7. The number of hydrogen-bond donors (Lipinski definition) is 2. The molecule has 1 aromatic carbocycles. The molecule has 0 aliphatic rings. The van der Waals surface area contributed by atoms with Gasteiger partial charge in [-0.1, -0.05) is 28.1 Å². The van der Waals surface area contributed by atoms with Gasteiger partial charge in [0.05, 0.1) is 12.1 Å². The fraction of sp³-hybridized carbons (Fsp3) is 0.200. The number of nitrogens with zero attached hydrogens (tertiary/aromatic N) is 1. The Kier molecular flexibility index (Phi) is 4.19. The molecule has 0 aliphatic carbocycles. The van der Waals surface area contributed by atoms with Crippen LogP contribution in [0.25, 0.3) is 10.2 Å². The van der Waals surface area contributed by atoms with Crippen LogP contribution in [0, 0.1) is 0 Å². The number of thiophene rings is 1. The topological polar surface area (TPSA) is 57.8 Å². The van der Waals surface area contributed by atoms with E-state index in [1.165, 1.54) is 16.9 Å². The number of aromatic nitrogens is 2. The summed E-state index contributed by atoms with van der Waals surface area (Å²) < 4.78 is 1.74. The lowest BCUT2D eigenvalue weighted by molar-refractivity contribution is 0.559. The molecule has 0 saturated carbocycles. The Labute approximate surface area is 134 Å². The van der Waals surface area contributed by atoms with Crippen LogP contribution < -0.4 is 10.9 Å². The maximum atomic E-state index is 11.9. The lowest BCUT2D eigenvalue weighted by atomic mass is 10.1. The van der Waals surface area contributed by atoms with Crippen LogP contribution in [-0.4, -0.2) is 9.97 Å². The summed E-state index contributed by atoms with van der Waals surface area (Å²) in [5.74, 6) is 0.662. The first kappa shape index (κ1) is 14.4. The van der Waals surface area contributed by atoms with E-state index in [4.69, 9.17) is 0 Å². The molecule has 0 spiro atoms. The Balaban J connectivity index is 1.73. The standard InChI is InChI=1S/C15H14BrN3OS/c1-9(10-2-4-11(16)5-3-10)17-8-13-18-12-6-7-21-14(12)15(20)19-13/h2-7,9,17H,8H2,1H3,(H,18,19,20)/t9-/m1/s1. The Bertz CT molecular complexity index is 810. The lowest BCUT2D eigenvalue weighted by Crippen LogP contribution is -2.21. The van der Waals surface area contributed by atoms with E-state index in [0.717, 1.165) is 9.99 Å². The monoisotopic (exact) mass is 363 g/mol. The number of halogens is 1. The number of benzene rings is 1. The molecule has 0 saturated heterocycles. The Morgan fingerprint density at radius 2 is 2.10 bits per heavy atom. The number of hydrogen-bond acceptors (Lipinski definition) is 4. The molecule has 0 radical (unpaired) electrons. The molecule has 3 aromatic rings. The minimum Gasteiger partial charge on any atom is -0.308 e. The molecule has 0 aliphatic heterocycles. The Morgan fingerprint density at radius 1 is 1.33 bits per heavy atom. The van der Waals surface area contributed by atoms with Gasteiger partial charge in [0.2, 0.25) is 0 Å². The average Bonchev–Trinajstić information content (AvgIpc) is 2.94. The second-order valence-electron chi connectivity index (χ2n) is 4.80. The molecule has 2 heterocycles. The van der Waals surface area contributed by atoms with Gasteiger partial charge in [-0.25, -0.2) is 4.98 Å². The van der Waals surface area contributed by atoms with E-state index in [1.807, 2.05) is 23.6 Å². The first-order valence-electron chi connectivity index (χ1n) is 6.59. The second-order valence-corrected chi connectivity index (χ2v) is 6.63. The summed E-state index contributed by atoms with van der Waals surface area (Å²) in [4.78, 5) is 19.2. The van der Waals surface area contributed by atoms with Gasteiger partial charge in [0.1, 0.15) is 10.5 Å². The molecule has 1 atom stereocenters. The Hall–Kier alpha value is -1.50. The fourth-order valence-electron chi connectivity index (χ4n) is 2.12. The van der Waals surface area contributed by atoms with E-state index in [-0.39, 0.29) is 11.6 Å². The minimum absolute atomic E-state index is 0.0666. The van der Waals surface area contributed by atoms with Crippen molar-refractivity contribution in [2.24, 2.45) is 0 Å². The van der Waals surface area contributed by atoms with Crippen LogP contribution in [0.4, 0.5) is 0 Å². The molecule has 0 bridgehead atoms. The van der Waals surface area contributed by atoms with Gasteiger partial charge in [0.25, 0.3) is 5.56 Å². The summed E-state index contributed by atoms with van der Waals surface area (Å²) in [7, 11) is 0. The zero-order valence-corrected chi connectivity index (χ0v) is 13.8. The molecule has 21 heavy (non-hydrogen) atoms. The predicted octanol–water partition coefficient (Wildman–Crippen LogP) is 3.60. The highest BCUT2D eigenvalue weighted by molar-refractivity contribution is 9.10. The Morgan fingerprint density at radius 3 is 2.86 bits per heavy atom. The average molecular weight is 364 g/mol. The number of nitrogens with one attached hydrogen (secondary N) is 2. The van der Waals surface area contributed by atoms with E-state index in [0.29, 0.717) is 17.1 Å². The zero-order valence-electron chi connectivity index (χ0n) is 11.4. The van der Waals surface area contributed by atoms with Crippen molar-refractivity contribution in [3.05, 3.63) is 61.9 Å². The van der Waals surface area contributed by atoms with Crippen molar-refractivity contribution >= 4 is 37.5 Å². The predicted molar refractivity (Wildman–Crippen MR) is 89.6 cm³/mol. The van der Waals surface area contributed by atoms with Crippen LogP contribution in [-0.2, 0) is 6.54 Å². The van der Waals surface area contributed by atoms with Crippen LogP contribution in [0.5, 0.6) is 0 Å². The van der Waals surface area contributed by atoms with Gasteiger partial charge in [-0.3, -0.25) is 4.79 Å². The third kappa shape index (κ3) is 3.23. The first-order chi connectivity index (χ1) is 10.1.